The first-order chi connectivity index (χ1) is 7.69. The van der Waals surface area contributed by atoms with E-state index in [2.05, 4.69) is 45.5 Å². The van der Waals surface area contributed by atoms with Crippen LogP contribution in [0, 0.1) is 0 Å². The minimum Gasteiger partial charge on any atom is -0.394 e. The summed E-state index contributed by atoms with van der Waals surface area (Å²) in [6.45, 7) is 7.16. The van der Waals surface area contributed by atoms with Gasteiger partial charge in [0.2, 0.25) is 0 Å². The van der Waals surface area contributed by atoms with Crippen LogP contribution in [0.4, 0.5) is 0 Å². The molecule has 0 spiro atoms. The van der Waals surface area contributed by atoms with Crippen molar-refractivity contribution in [3.8, 4) is 0 Å². The van der Waals surface area contributed by atoms with Crippen molar-refractivity contribution in [2.24, 2.45) is 5.73 Å². The Kier molecular flexibility index (Phi) is 4.05. The van der Waals surface area contributed by atoms with Crippen molar-refractivity contribution in [2.45, 2.75) is 18.5 Å². The second-order valence-electron chi connectivity index (χ2n) is 4.42. The van der Waals surface area contributed by atoms with E-state index in [1.54, 1.807) is 0 Å². The Morgan fingerprint density at radius 2 is 2.38 bits per heavy atom. The number of fused-ring (bicyclic) bond motifs is 2. The van der Waals surface area contributed by atoms with Gasteiger partial charge in [-0.05, 0) is 40.7 Å². The van der Waals surface area contributed by atoms with E-state index in [0.29, 0.717) is 12.1 Å². The molecule has 0 aromatic carbocycles. The third-order valence-corrected chi connectivity index (χ3v) is 3.63. The van der Waals surface area contributed by atoms with Crippen molar-refractivity contribution in [1.82, 2.24) is 10.2 Å². The molecule has 0 aromatic rings. The zero-order valence-electron chi connectivity index (χ0n) is 9.32. The summed E-state index contributed by atoms with van der Waals surface area (Å²) in [4.78, 5) is 2.53. The first kappa shape index (κ1) is 12.1. The molecule has 0 unspecified atom stereocenters. The van der Waals surface area contributed by atoms with Gasteiger partial charge in [-0.25, -0.2) is 0 Å². The molecular formula is C12H18IN3. The Morgan fingerprint density at radius 1 is 1.56 bits per heavy atom. The van der Waals surface area contributed by atoms with Gasteiger partial charge in [-0.15, -0.1) is 0 Å². The number of nitrogens with zero attached hydrogens (tertiary/aromatic N) is 1. The zero-order chi connectivity index (χ0) is 11.5. The van der Waals surface area contributed by atoms with Gasteiger partial charge in [0.05, 0.1) is 3.70 Å². The van der Waals surface area contributed by atoms with Gasteiger partial charge in [-0.2, -0.15) is 0 Å². The summed E-state index contributed by atoms with van der Waals surface area (Å²) in [5, 5.41) is 3.51. The number of hydrogen-bond acceptors (Lipinski definition) is 3. The second-order valence-corrected chi connectivity index (χ2v) is 5.67. The normalized spacial score (nSPS) is 31.1. The fourth-order valence-electron chi connectivity index (χ4n) is 2.45. The Hall–Kier alpha value is -0.330. The topological polar surface area (TPSA) is 41.3 Å². The summed E-state index contributed by atoms with van der Waals surface area (Å²) in [5.41, 5.74) is 6.85. The molecule has 3 N–H and O–H groups in total. The number of rotatable bonds is 4. The summed E-state index contributed by atoms with van der Waals surface area (Å²) >= 11 is 2.11. The van der Waals surface area contributed by atoms with Crippen molar-refractivity contribution in [3.63, 3.8) is 0 Å². The first-order valence-corrected chi connectivity index (χ1v) is 6.68. The van der Waals surface area contributed by atoms with Crippen LogP contribution in [0.5, 0.6) is 0 Å². The SMILES string of the molecule is C=C/C(=C\C=C(/N)I)CN1C[C@H]2C[C@@H]1CN2. The van der Waals surface area contributed by atoms with Crippen LogP contribution >= 0.6 is 22.6 Å². The lowest BCUT2D eigenvalue weighted by Gasteiger charge is -2.27. The molecule has 2 aliphatic rings. The van der Waals surface area contributed by atoms with Crippen molar-refractivity contribution in [3.05, 3.63) is 34.1 Å². The van der Waals surface area contributed by atoms with Crippen LogP contribution in [0.1, 0.15) is 6.42 Å². The van der Waals surface area contributed by atoms with Crippen LogP contribution in [0.25, 0.3) is 0 Å². The molecule has 0 amide bonds. The summed E-state index contributed by atoms with van der Waals surface area (Å²) in [5.74, 6) is 0. The maximum atomic E-state index is 5.61. The highest BCUT2D eigenvalue weighted by molar-refractivity contribution is 14.1. The predicted molar refractivity (Wildman–Crippen MR) is 76.3 cm³/mol. The van der Waals surface area contributed by atoms with Gasteiger partial charge in [0.25, 0.3) is 0 Å². The van der Waals surface area contributed by atoms with Gasteiger partial charge < -0.3 is 11.1 Å². The number of allylic oxidation sites excluding steroid dienone is 2. The van der Waals surface area contributed by atoms with E-state index >= 15 is 0 Å². The average molecular weight is 331 g/mol. The van der Waals surface area contributed by atoms with Gasteiger partial charge in [0.1, 0.15) is 0 Å². The van der Waals surface area contributed by atoms with E-state index in [1.807, 2.05) is 12.2 Å². The van der Waals surface area contributed by atoms with Crippen LogP contribution in [-0.4, -0.2) is 36.6 Å². The number of halogens is 1. The number of piperazine rings is 1. The third kappa shape index (κ3) is 2.87. The molecule has 0 aliphatic carbocycles. The van der Waals surface area contributed by atoms with Gasteiger partial charge in [0.15, 0.2) is 0 Å². The molecule has 16 heavy (non-hydrogen) atoms. The Bertz CT molecular complexity index is 331. The summed E-state index contributed by atoms with van der Waals surface area (Å²) in [6, 6.07) is 1.43. The molecule has 2 saturated heterocycles. The third-order valence-electron chi connectivity index (χ3n) is 3.27. The molecule has 2 aliphatic heterocycles. The van der Waals surface area contributed by atoms with Crippen LogP contribution in [0.3, 0.4) is 0 Å². The van der Waals surface area contributed by atoms with Crippen LogP contribution in [0.2, 0.25) is 0 Å². The number of hydrogen-bond donors (Lipinski definition) is 2. The monoisotopic (exact) mass is 331 g/mol. The molecule has 0 radical (unpaired) electrons. The molecule has 2 rings (SSSR count). The fourth-order valence-corrected chi connectivity index (χ4v) is 2.63. The molecule has 2 fully saturated rings. The molecule has 0 saturated carbocycles. The molecule has 3 nitrogen and oxygen atoms in total. The van der Waals surface area contributed by atoms with Crippen LogP contribution in [0.15, 0.2) is 34.1 Å². The molecule has 0 aromatic heterocycles. The number of nitrogens with one attached hydrogen (secondary N) is 1. The van der Waals surface area contributed by atoms with Crippen molar-refractivity contribution in [1.29, 1.82) is 0 Å². The molecular weight excluding hydrogens is 313 g/mol. The molecule has 4 heteroatoms. The summed E-state index contributed by atoms with van der Waals surface area (Å²) < 4.78 is 0.807. The van der Waals surface area contributed by atoms with E-state index in [-0.39, 0.29) is 0 Å². The number of nitrogens with two attached hydrogens (primary N) is 1. The maximum absolute atomic E-state index is 5.61. The highest BCUT2D eigenvalue weighted by atomic mass is 127. The van der Waals surface area contributed by atoms with Gasteiger partial charge >= 0.3 is 0 Å². The molecule has 88 valence electrons. The second kappa shape index (κ2) is 5.33. The minimum atomic E-state index is 0.709. The zero-order valence-corrected chi connectivity index (χ0v) is 11.5. The van der Waals surface area contributed by atoms with Crippen molar-refractivity contribution in [2.75, 3.05) is 19.6 Å². The van der Waals surface area contributed by atoms with Gasteiger partial charge in [-0.1, -0.05) is 18.7 Å². The molecule has 2 bridgehead atoms. The number of likely N-dealkylation sites (tertiary alicyclic amines) is 1. The van der Waals surface area contributed by atoms with Crippen LogP contribution < -0.4 is 11.1 Å². The summed E-state index contributed by atoms with van der Waals surface area (Å²) in [7, 11) is 0. The Labute approximate surface area is 111 Å². The van der Waals surface area contributed by atoms with Crippen LogP contribution in [-0.2, 0) is 0 Å². The van der Waals surface area contributed by atoms with Crippen molar-refractivity contribution < 1.29 is 0 Å². The van der Waals surface area contributed by atoms with Gasteiger partial charge in [-0.3, -0.25) is 4.90 Å². The highest BCUT2D eigenvalue weighted by Gasteiger charge is 2.37. The van der Waals surface area contributed by atoms with E-state index in [4.69, 9.17) is 5.73 Å². The fraction of sp³-hybridized carbons (Fsp3) is 0.500. The average Bonchev–Trinajstić information content (AvgIpc) is 2.85. The Balaban J connectivity index is 1.95. The minimum absolute atomic E-state index is 0.709. The first-order valence-electron chi connectivity index (χ1n) is 5.60. The highest BCUT2D eigenvalue weighted by Crippen LogP contribution is 2.24. The smallest absolute Gasteiger partial charge is 0.0705 e. The van der Waals surface area contributed by atoms with E-state index in [1.165, 1.54) is 18.5 Å². The molecule has 2 atom stereocenters. The van der Waals surface area contributed by atoms with E-state index in [0.717, 1.165) is 16.8 Å². The Morgan fingerprint density at radius 3 is 2.88 bits per heavy atom. The lowest BCUT2D eigenvalue weighted by atomic mass is 10.2. The molecule has 2 heterocycles. The van der Waals surface area contributed by atoms with E-state index < -0.39 is 0 Å². The predicted octanol–water partition coefficient (Wildman–Crippen LogP) is 1.38. The summed E-state index contributed by atoms with van der Waals surface area (Å²) in [6.07, 6.45) is 7.22. The quantitative estimate of drug-likeness (QED) is 0.465. The lowest BCUT2D eigenvalue weighted by Crippen LogP contribution is -2.44. The standard InChI is InChI=1S/C12H18IN3/c1-2-9(3-4-12(13)14)7-16-8-10-5-11(16)6-15-10/h2-4,10-11,15H,1,5-8,14H2/b9-3+,12-4-/t10-,11-/m1/s1. The van der Waals surface area contributed by atoms with Gasteiger partial charge in [0, 0.05) is 31.7 Å². The van der Waals surface area contributed by atoms with Crippen molar-refractivity contribution >= 4 is 22.6 Å². The largest absolute Gasteiger partial charge is 0.394 e. The maximum Gasteiger partial charge on any atom is 0.0705 e. The van der Waals surface area contributed by atoms with E-state index in [9.17, 15) is 0 Å². The lowest BCUT2D eigenvalue weighted by molar-refractivity contribution is 0.246.